The van der Waals surface area contributed by atoms with Crippen LogP contribution in [0.5, 0.6) is 0 Å². The number of aromatic amines is 1. The number of anilines is 1. The van der Waals surface area contributed by atoms with Crippen LogP contribution < -0.4 is 5.32 Å². The van der Waals surface area contributed by atoms with Crippen molar-refractivity contribution >= 4 is 11.5 Å². The smallest absolute Gasteiger partial charge is 0.173 e. The number of nitriles is 1. The van der Waals surface area contributed by atoms with Crippen LogP contribution in [0.1, 0.15) is 51.2 Å². The Morgan fingerprint density at radius 3 is 2.74 bits per heavy atom. The molecule has 2 heterocycles. The van der Waals surface area contributed by atoms with Crippen LogP contribution in [0.15, 0.2) is 30.5 Å². The van der Waals surface area contributed by atoms with Gasteiger partial charge in [-0.15, -0.1) is 0 Å². The Morgan fingerprint density at radius 2 is 2.04 bits per heavy atom. The Kier molecular flexibility index (Phi) is 4.65. The number of rotatable bonds is 4. The first-order valence-electron chi connectivity index (χ1n) is 9.98. The highest BCUT2D eigenvalue weighted by Gasteiger charge is 2.29. The predicted octanol–water partition coefficient (Wildman–Crippen LogP) is 5.00. The summed E-state index contributed by atoms with van der Waals surface area (Å²) < 4.78 is 1.92. The van der Waals surface area contributed by atoms with Gasteiger partial charge in [-0.2, -0.15) is 5.26 Å². The molecule has 3 atom stereocenters. The molecular formula is C22H27N5. The van der Waals surface area contributed by atoms with E-state index in [1.54, 1.807) is 6.20 Å². The second kappa shape index (κ2) is 7.11. The zero-order valence-electron chi connectivity index (χ0n) is 16.3. The standard InChI is InChI=1S/C22H27N5/c1-4-16-8-10-17(11-9-16)20-22(25-19-7-5-6-14(2)15(19)3)27-21(26-20)18(12-23)13-24-27/h8-11,13-15,19,24-25H,4-7H2,1-3H3. The SMILES string of the molecule is CCc1ccc(-c2nc3c(C#N)c[nH]n3c2NC2CCCC(C)C2C)cc1. The van der Waals surface area contributed by atoms with Crippen molar-refractivity contribution in [2.24, 2.45) is 11.8 Å². The average molecular weight is 361 g/mol. The molecule has 1 aromatic carbocycles. The van der Waals surface area contributed by atoms with Gasteiger partial charge < -0.3 is 5.32 Å². The number of nitrogens with zero attached hydrogens (tertiary/aromatic N) is 3. The predicted molar refractivity (Wildman–Crippen MR) is 109 cm³/mol. The lowest BCUT2D eigenvalue weighted by atomic mass is 9.78. The van der Waals surface area contributed by atoms with Crippen molar-refractivity contribution in [1.82, 2.24) is 14.6 Å². The maximum Gasteiger partial charge on any atom is 0.173 e. The zero-order valence-corrected chi connectivity index (χ0v) is 16.3. The van der Waals surface area contributed by atoms with Crippen LogP contribution in [-0.2, 0) is 6.42 Å². The van der Waals surface area contributed by atoms with Crippen molar-refractivity contribution in [1.29, 1.82) is 5.26 Å². The van der Waals surface area contributed by atoms with Crippen molar-refractivity contribution in [2.45, 2.75) is 52.5 Å². The summed E-state index contributed by atoms with van der Waals surface area (Å²) in [5.74, 6) is 2.27. The summed E-state index contributed by atoms with van der Waals surface area (Å²) in [6, 6.07) is 11.2. The van der Waals surface area contributed by atoms with E-state index in [0.29, 0.717) is 29.1 Å². The summed E-state index contributed by atoms with van der Waals surface area (Å²) in [4.78, 5) is 4.83. The summed E-state index contributed by atoms with van der Waals surface area (Å²) >= 11 is 0. The van der Waals surface area contributed by atoms with Crippen LogP contribution in [0.2, 0.25) is 0 Å². The number of nitrogens with one attached hydrogen (secondary N) is 2. The largest absolute Gasteiger partial charge is 0.365 e. The van der Waals surface area contributed by atoms with E-state index in [9.17, 15) is 5.26 Å². The van der Waals surface area contributed by atoms with Gasteiger partial charge in [0.25, 0.3) is 0 Å². The molecule has 5 nitrogen and oxygen atoms in total. The monoisotopic (exact) mass is 361 g/mol. The highest BCUT2D eigenvalue weighted by molar-refractivity contribution is 5.78. The third kappa shape index (κ3) is 3.10. The molecule has 0 saturated heterocycles. The molecule has 2 N–H and O–H groups in total. The van der Waals surface area contributed by atoms with Crippen LogP contribution in [0, 0.1) is 23.2 Å². The molecule has 5 heteroatoms. The molecule has 1 saturated carbocycles. The molecule has 1 aliphatic rings. The molecule has 0 radical (unpaired) electrons. The van der Waals surface area contributed by atoms with E-state index in [2.05, 4.69) is 61.5 Å². The van der Waals surface area contributed by atoms with Crippen molar-refractivity contribution < 1.29 is 0 Å². The highest BCUT2D eigenvalue weighted by atomic mass is 15.3. The summed E-state index contributed by atoms with van der Waals surface area (Å²) in [6.45, 7) is 6.84. The van der Waals surface area contributed by atoms with E-state index in [-0.39, 0.29) is 0 Å². The van der Waals surface area contributed by atoms with Crippen LogP contribution in [0.4, 0.5) is 5.82 Å². The van der Waals surface area contributed by atoms with E-state index in [4.69, 9.17) is 4.98 Å². The Hall–Kier alpha value is -2.74. The van der Waals surface area contributed by atoms with Crippen molar-refractivity contribution in [3.63, 3.8) is 0 Å². The molecule has 3 unspecified atom stereocenters. The maximum absolute atomic E-state index is 9.42. The van der Waals surface area contributed by atoms with Crippen LogP contribution in [0.25, 0.3) is 16.9 Å². The quantitative estimate of drug-likeness (QED) is 0.687. The number of hydrogen-bond acceptors (Lipinski definition) is 3. The summed E-state index contributed by atoms with van der Waals surface area (Å²) in [7, 11) is 0. The van der Waals surface area contributed by atoms with E-state index >= 15 is 0 Å². The van der Waals surface area contributed by atoms with Gasteiger partial charge in [0, 0.05) is 17.8 Å². The molecule has 1 aliphatic carbocycles. The number of hydrogen-bond donors (Lipinski definition) is 2. The van der Waals surface area contributed by atoms with Crippen LogP contribution >= 0.6 is 0 Å². The Labute approximate surface area is 160 Å². The lowest BCUT2D eigenvalue weighted by Crippen LogP contribution is -2.35. The van der Waals surface area contributed by atoms with Crippen LogP contribution in [0.3, 0.4) is 0 Å². The Bertz CT molecular complexity index is 973. The van der Waals surface area contributed by atoms with Crippen molar-refractivity contribution in [2.75, 3.05) is 5.32 Å². The average Bonchev–Trinajstić information content (AvgIpc) is 3.25. The van der Waals surface area contributed by atoms with Crippen molar-refractivity contribution in [3.8, 4) is 17.3 Å². The van der Waals surface area contributed by atoms with Gasteiger partial charge in [0.2, 0.25) is 0 Å². The Morgan fingerprint density at radius 1 is 1.26 bits per heavy atom. The van der Waals surface area contributed by atoms with Gasteiger partial charge in [-0.1, -0.05) is 57.9 Å². The highest BCUT2D eigenvalue weighted by Crippen LogP contribution is 2.35. The molecule has 0 bridgehead atoms. The summed E-state index contributed by atoms with van der Waals surface area (Å²) in [5, 5.41) is 16.4. The van der Waals surface area contributed by atoms with E-state index < -0.39 is 0 Å². The minimum atomic E-state index is 0.413. The normalized spacial score (nSPS) is 22.7. The first-order valence-corrected chi connectivity index (χ1v) is 9.98. The molecule has 0 amide bonds. The fourth-order valence-electron chi connectivity index (χ4n) is 4.20. The molecular weight excluding hydrogens is 334 g/mol. The minimum absolute atomic E-state index is 0.413. The molecule has 1 fully saturated rings. The van der Waals surface area contributed by atoms with Gasteiger partial charge >= 0.3 is 0 Å². The molecule has 0 aliphatic heterocycles. The first-order chi connectivity index (χ1) is 13.1. The van der Waals surface area contributed by atoms with E-state index in [1.165, 1.54) is 24.8 Å². The second-order valence-corrected chi connectivity index (χ2v) is 7.84. The lowest BCUT2D eigenvalue weighted by molar-refractivity contribution is 0.252. The van der Waals surface area contributed by atoms with Crippen molar-refractivity contribution in [3.05, 3.63) is 41.6 Å². The minimum Gasteiger partial charge on any atom is -0.365 e. The Balaban J connectivity index is 1.79. The third-order valence-corrected chi connectivity index (χ3v) is 6.24. The molecule has 3 aromatic rings. The van der Waals surface area contributed by atoms with E-state index in [0.717, 1.165) is 23.5 Å². The van der Waals surface area contributed by atoms with Gasteiger partial charge in [-0.05, 0) is 30.2 Å². The zero-order chi connectivity index (χ0) is 19.0. The topological polar surface area (TPSA) is 68.9 Å². The molecule has 4 rings (SSSR count). The number of imidazole rings is 1. The number of fused-ring (bicyclic) bond motifs is 1. The van der Waals surface area contributed by atoms with Gasteiger partial charge in [0.15, 0.2) is 11.5 Å². The fourth-order valence-corrected chi connectivity index (χ4v) is 4.20. The lowest BCUT2D eigenvalue weighted by Gasteiger charge is -2.35. The molecule has 0 spiro atoms. The van der Waals surface area contributed by atoms with Gasteiger partial charge in [-0.25, -0.2) is 9.50 Å². The number of aryl methyl sites for hydroxylation is 1. The summed E-state index contributed by atoms with van der Waals surface area (Å²) in [5.41, 5.74) is 4.55. The van der Waals surface area contributed by atoms with Gasteiger partial charge in [-0.3, -0.25) is 5.10 Å². The number of H-pyrrole nitrogens is 1. The summed E-state index contributed by atoms with van der Waals surface area (Å²) in [6.07, 6.45) is 6.46. The maximum atomic E-state index is 9.42. The molecule has 2 aromatic heterocycles. The first kappa shape index (κ1) is 17.7. The number of aromatic nitrogens is 3. The molecule has 27 heavy (non-hydrogen) atoms. The second-order valence-electron chi connectivity index (χ2n) is 7.84. The van der Waals surface area contributed by atoms with E-state index in [1.807, 2.05) is 4.52 Å². The third-order valence-electron chi connectivity index (χ3n) is 6.24. The molecule has 140 valence electrons. The van der Waals surface area contributed by atoms with Crippen LogP contribution in [-0.4, -0.2) is 20.6 Å². The number of benzene rings is 1. The fraction of sp³-hybridized carbons (Fsp3) is 0.455. The van der Waals surface area contributed by atoms with Gasteiger partial charge in [0.1, 0.15) is 17.3 Å². The van der Waals surface area contributed by atoms with Gasteiger partial charge in [0.05, 0.1) is 0 Å².